The highest BCUT2D eigenvalue weighted by Crippen LogP contribution is 2.38. The Morgan fingerprint density at radius 3 is 2.03 bits per heavy atom. The summed E-state index contributed by atoms with van der Waals surface area (Å²) in [7, 11) is 0. The minimum atomic E-state index is -0.807. The molecule has 0 aliphatic rings. The molecular formula is C19H17BrClN5O5. The van der Waals surface area contributed by atoms with Gasteiger partial charge in [-0.3, -0.25) is 29.9 Å². The summed E-state index contributed by atoms with van der Waals surface area (Å²) in [6, 6.07) is 7.83. The van der Waals surface area contributed by atoms with E-state index in [0.717, 1.165) is 0 Å². The second kappa shape index (κ2) is 8.44. The Hall–Kier alpha value is -3.31. The smallest absolute Gasteiger partial charge is 0.281 e. The number of hydrogen-bond acceptors (Lipinski definition) is 5. The van der Waals surface area contributed by atoms with Crippen LogP contribution in [-0.2, 0) is 0 Å². The van der Waals surface area contributed by atoms with Gasteiger partial charge in [0.25, 0.3) is 16.8 Å². The van der Waals surface area contributed by atoms with Crippen LogP contribution in [0.15, 0.2) is 48.8 Å². The molecule has 0 saturated heterocycles. The maximum absolute atomic E-state index is 12.5. The van der Waals surface area contributed by atoms with Gasteiger partial charge in [-0.25, -0.2) is 0 Å². The third-order valence-corrected chi connectivity index (χ3v) is 5.43. The zero-order chi connectivity index (χ0) is 21.6. The first-order valence-corrected chi connectivity index (χ1v) is 9.65. The standard InChI is InChI=1S/C19H16BrN5O5.ClH/c1-8-15(18(26)23-21-8)17(16-9(2)22-24-19(16)27)14-6-5-13(30-14)11-4-3-10(20)7-12(11)25(28)29;/h3-7,17H,1-2H3,(H2,21,23,26)(H2,22,24,27);1H. The largest absolute Gasteiger partial charge is 0.460 e. The van der Waals surface area contributed by atoms with E-state index in [9.17, 15) is 19.7 Å². The fourth-order valence-corrected chi connectivity index (χ4v) is 3.90. The molecule has 162 valence electrons. The summed E-state index contributed by atoms with van der Waals surface area (Å²) in [5, 5.41) is 22.0. The van der Waals surface area contributed by atoms with Crippen molar-refractivity contribution < 1.29 is 9.34 Å². The van der Waals surface area contributed by atoms with Gasteiger partial charge < -0.3 is 14.6 Å². The summed E-state index contributed by atoms with van der Waals surface area (Å²) in [5.74, 6) is -0.245. The fourth-order valence-electron chi connectivity index (χ4n) is 3.55. The molecule has 0 atom stereocenters. The van der Waals surface area contributed by atoms with Gasteiger partial charge in [-0.05, 0) is 38.1 Å². The highest BCUT2D eigenvalue weighted by atomic mass is 79.9. The molecule has 0 fully saturated rings. The van der Waals surface area contributed by atoms with E-state index in [1.807, 2.05) is 0 Å². The topological polar surface area (TPSA) is 154 Å². The second-order valence-electron chi connectivity index (χ2n) is 6.79. The Morgan fingerprint density at radius 1 is 0.968 bits per heavy atom. The molecule has 0 amide bonds. The quantitative estimate of drug-likeness (QED) is 0.237. The van der Waals surface area contributed by atoms with Crippen molar-refractivity contribution in [2.45, 2.75) is 19.8 Å². The van der Waals surface area contributed by atoms with E-state index in [-0.39, 0.29) is 40.5 Å². The number of rotatable bonds is 5. The molecule has 0 spiro atoms. The Kier molecular flexibility index (Phi) is 6.09. The van der Waals surface area contributed by atoms with Gasteiger partial charge in [0.2, 0.25) is 0 Å². The van der Waals surface area contributed by atoms with Crippen molar-refractivity contribution in [2.24, 2.45) is 0 Å². The third-order valence-electron chi connectivity index (χ3n) is 4.93. The zero-order valence-corrected chi connectivity index (χ0v) is 18.6. The van der Waals surface area contributed by atoms with E-state index in [2.05, 4.69) is 36.3 Å². The molecule has 10 nitrogen and oxygen atoms in total. The maximum Gasteiger partial charge on any atom is 0.281 e. The number of H-pyrrole nitrogens is 4. The predicted molar refractivity (Wildman–Crippen MR) is 119 cm³/mol. The lowest BCUT2D eigenvalue weighted by atomic mass is 9.89. The first-order valence-electron chi connectivity index (χ1n) is 8.86. The van der Waals surface area contributed by atoms with Crippen molar-refractivity contribution in [1.82, 2.24) is 20.4 Å². The van der Waals surface area contributed by atoms with Crippen molar-refractivity contribution in [1.29, 1.82) is 0 Å². The number of aryl methyl sites for hydroxylation is 2. The van der Waals surface area contributed by atoms with Crippen molar-refractivity contribution in [2.75, 3.05) is 0 Å². The monoisotopic (exact) mass is 509 g/mol. The summed E-state index contributed by atoms with van der Waals surface area (Å²) in [6.07, 6.45) is 0. The number of aromatic amines is 4. The van der Waals surface area contributed by atoms with Crippen molar-refractivity contribution >= 4 is 34.0 Å². The van der Waals surface area contributed by atoms with Gasteiger partial charge >= 0.3 is 0 Å². The highest BCUT2D eigenvalue weighted by molar-refractivity contribution is 9.10. The fraction of sp³-hybridized carbons (Fsp3) is 0.158. The van der Waals surface area contributed by atoms with E-state index in [0.29, 0.717) is 32.7 Å². The molecule has 0 bridgehead atoms. The number of nitro groups is 1. The van der Waals surface area contributed by atoms with Gasteiger partial charge in [0, 0.05) is 21.9 Å². The molecule has 0 aliphatic carbocycles. The van der Waals surface area contributed by atoms with Gasteiger partial charge in [-0.1, -0.05) is 15.9 Å². The predicted octanol–water partition coefficient (Wildman–Crippen LogP) is 3.87. The number of nitro benzene ring substituents is 1. The molecule has 3 heterocycles. The SMILES string of the molecule is Cc1[nH][nH]c(=O)c1C(c1ccc(-c2ccc(Br)cc2[N+](=O)[O-])o1)c1c(C)[nH][nH]c1=O.Cl. The Labute approximate surface area is 188 Å². The number of nitrogens with zero attached hydrogens (tertiary/aromatic N) is 1. The van der Waals surface area contributed by atoms with Crippen LogP contribution in [0.25, 0.3) is 11.3 Å². The van der Waals surface area contributed by atoms with Crippen molar-refractivity contribution in [3.05, 3.63) is 93.9 Å². The molecule has 4 rings (SSSR count). The first kappa shape index (κ1) is 22.4. The molecule has 0 radical (unpaired) electrons. The van der Waals surface area contributed by atoms with Gasteiger partial charge in [0.1, 0.15) is 11.5 Å². The van der Waals surface area contributed by atoms with Crippen LogP contribution in [0.4, 0.5) is 5.69 Å². The molecule has 31 heavy (non-hydrogen) atoms. The number of benzene rings is 1. The van der Waals surface area contributed by atoms with E-state index >= 15 is 0 Å². The second-order valence-corrected chi connectivity index (χ2v) is 7.70. The minimum Gasteiger partial charge on any atom is -0.460 e. The first-order chi connectivity index (χ1) is 14.3. The minimum absolute atomic E-state index is 0. The summed E-state index contributed by atoms with van der Waals surface area (Å²) in [6.45, 7) is 3.42. The molecule has 12 heteroatoms. The van der Waals surface area contributed by atoms with E-state index in [4.69, 9.17) is 4.42 Å². The molecule has 1 aromatic carbocycles. The molecule has 0 unspecified atom stereocenters. The van der Waals surface area contributed by atoms with E-state index in [1.54, 1.807) is 38.1 Å². The van der Waals surface area contributed by atoms with Crippen LogP contribution >= 0.6 is 28.3 Å². The van der Waals surface area contributed by atoms with Crippen molar-refractivity contribution in [3.63, 3.8) is 0 Å². The summed E-state index contributed by atoms with van der Waals surface area (Å²) in [5.41, 5.74) is 1.15. The lowest BCUT2D eigenvalue weighted by molar-refractivity contribution is -0.384. The van der Waals surface area contributed by atoms with Crippen LogP contribution in [0.3, 0.4) is 0 Å². The number of aromatic nitrogens is 4. The van der Waals surface area contributed by atoms with E-state index in [1.165, 1.54) is 6.07 Å². The molecule has 4 aromatic rings. The van der Waals surface area contributed by atoms with Crippen LogP contribution in [-0.4, -0.2) is 25.3 Å². The zero-order valence-electron chi connectivity index (χ0n) is 16.2. The number of halogens is 2. The Morgan fingerprint density at radius 2 is 1.55 bits per heavy atom. The molecule has 0 saturated carbocycles. The third kappa shape index (κ3) is 3.89. The van der Waals surface area contributed by atoms with Crippen LogP contribution in [0.5, 0.6) is 0 Å². The average Bonchev–Trinajstić information content (AvgIpc) is 3.39. The summed E-state index contributed by atoms with van der Waals surface area (Å²) in [4.78, 5) is 36.0. The van der Waals surface area contributed by atoms with Gasteiger partial charge in [-0.15, -0.1) is 12.4 Å². The number of nitrogens with one attached hydrogen (secondary N) is 4. The van der Waals surface area contributed by atoms with Crippen LogP contribution in [0.2, 0.25) is 0 Å². The molecule has 0 aliphatic heterocycles. The Balaban J connectivity index is 0.00000272. The number of furan rings is 1. The van der Waals surface area contributed by atoms with Crippen LogP contribution < -0.4 is 11.1 Å². The lowest BCUT2D eigenvalue weighted by Crippen LogP contribution is -2.19. The lowest BCUT2D eigenvalue weighted by Gasteiger charge is -2.12. The van der Waals surface area contributed by atoms with Crippen LogP contribution in [0, 0.1) is 24.0 Å². The van der Waals surface area contributed by atoms with Gasteiger partial charge in [0.15, 0.2) is 0 Å². The highest BCUT2D eigenvalue weighted by Gasteiger charge is 2.31. The Bertz CT molecular complexity index is 1320. The molecule has 4 N–H and O–H groups in total. The molecule has 3 aromatic heterocycles. The summed E-state index contributed by atoms with van der Waals surface area (Å²) >= 11 is 3.23. The number of hydrogen-bond donors (Lipinski definition) is 4. The van der Waals surface area contributed by atoms with Gasteiger partial charge in [-0.2, -0.15) is 0 Å². The average molecular weight is 511 g/mol. The normalized spacial score (nSPS) is 11.0. The van der Waals surface area contributed by atoms with Gasteiger partial charge in [0.05, 0.1) is 27.5 Å². The summed E-state index contributed by atoms with van der Waals surface area (Å²) < 4.78 is 6.54. The van der Waals surface area contributed by atoms with Crippen LogP contribution in [0.1, 0.15) is 34.2 Å². The molecular weight excluding hydrogens is 494 g/mol. The van der Waals surface area contributed by atoms with E-state index < -0.39 is 10.8 Å². The maximum atomic E-state index is 12.5. The van der Waals surface area contributed by atoms with Crippen molar-refractivity contribution in [3.8, 4) is 11.3 Å².